The third kappa shape index (κ3) is 3.96. The van der Waals surface area contributed by atoms with Crippen molar-refractivity contribution in [2.45, 2.75) is 6.42 Å². The number of hydrogen-bond acceptors (Lipinski definition) is 6. The van der Waals surface area contributed by atoms with Crippen molar-refractivity contribution in [3.63, 3.8) is 0 Å². The smallest absolute Gasteiger partial charge is 0.162 e. The minimum Gasteiger partial charge on any atom is -0.309 e. The van der Waals surface area contributed by atoms with Gasteiger partial charge in [-0.15, -0.1) is 0 Å². The van der Waals surface area contributed by atoms with Gasteiger partial charge in [0.05, 0.1) is 11.0 Å². The highest BCUT2D eigenvalue weighted by molar-refractivity contribution is 6.09. The Kier molecular flexibility index (Phi) is 5.37. The molecule has 0 N–H and O–H groups in total. The van der Waals surface area contributed by atoms with E-state index in [0.29, 0.717) is 11.6 Å². The lowest BCUT2D eigenvalue weighted by atomic mass is 9.99. The van der Waals surface area contributed by atoms with Crippen LogP contribution in [0, 0.1) is 0 Å². The molecule has 4 aromatic carbocycles. The van der Waals surface area contributed by atoms with Gasteiger partial charge in [0, 0.05) is 27.6 Å². The predicted molar refractivity (Wildman–Crippen MR) is 148 cm³/mol. The highest BCUT2D eigenvalue weighted by atomic mass is 15.0. The van der Waals surface area contributed by atoms with Crippen molar-refractivity contribution in [1.29, 1.82) is 0 Å². The number of aromatic nitrogens is 7. The fraction of sp³-hybridized carbons (Fsp3) is 0.0323. The van der Waals surface area contributed by atoms with E-state index >= 15 is 0 Å². The van der Waals surface area contributed by atoms with Gasteiger partial charge in [0.2, 0.25) is 0 Å². The number of benzene rings is 4. The van der Waals surface area contributed by atoms with Crippen molar-refractivity contribution in [1.82, 2.24) is 34.5 Å². The summed E-state index contributed by atoms with van der Waals surface area (Å²) >= 11 is 0. The van der Waals surface area contributed by atoms with E-state index in [1.807, 2.05) is 12.1 Å². The lowest BCUT2D eigenvalue weighted by Crippen LogP contribution is -1.99. The quantitative estimate of drug-likeness (QED) is 0.290. The molecule has 7 nitrogen and oxygen atoms in total. The summed E-state index contributed by atoms with van der Waals surface area (Å²) in [7, 11) is 0. The van der Waals surface area contributed by atoms with Crippen LogP contribution in [0.25, 0.3) is 50.3 Å². The van der Waals surface area contributed by atoms with Crippen molar-refractivity contribution >= 4 is 21.8 Å². The Bertz CT molecular complexity index is 1840. The van der Waals surface area contributed by atoms with Gasteiger partial charge in [0.1, 0.15) is 25.3 Å². The lowest BCUT2D eigenvalue weighted by Gasteiger charge is -2.13. The zero-order valence-electron chi connectivity index (χ0n) is 20.3. The van der Waals surface area contributed by atoms with Gasteiger partial charge >= 0.3 is 0 Å². The molecule has 0 aliphatic heterocycles. The van der Waals surface area contributed by atoms with Gasteiger partial charge in [0.25, 0.3) is 0 Å². The fourth-order valence-electron chi connectivity index (χ4n) is 5.07. The van der Waals surface area contributed by atoms with Gasteiger partial charge in [-0.25, -0.2) is 29.9 Å². The molecule has 0 spiro atoms. The molecule has 0 aliphatic carbocycles. The lowest BCUT2D eigenvalue weighted by molar-refractivity contribution is 1.05. The molecule has 180 valence electrons. The van der Waals surface area contributed by atoms with Crippen molar-refractivity contribution in [3.05, 3.63) is 127 Å². The van der Waals surface area contributed by atoms with E-state index in [9.17, 15) is 0 Å². The maximum Gasteiger partial charge on any atom is 0.162 e. The molecule has 0 radical (unpaired) electrons. The monoisotopic (exact) mass is 491 g/mol. The molecule has 0 unspecified atom stereocenters. The molecule has 0 saturated carbocycles. The summed E-state index contributed by atoms with van der Waals surface area (Å²) in [6.45, 7) is 0. The van der Waals surface area contributed by atoms with Gasteiger partial charge in [-0.2, -0.15) is 0 Å². The second kappa shape index (κ2) is 9.29. The van der Waals surface area contributed by atoms with E-state index in [1.165, 1.54) is 36.1 Å². The molecule has 0 bridgehead atoms. The van der Waals surface area contributed by atoms with Gasteiger partial charge in [-0.1, -0.05) is 54.6 Å². The maximum absolute atomic E-state index is 4.44. The van der Waals surface area contributed by atoms with Gasteiger partial charge in [0.15, 0.2) is 11.6 Å². The Hall–Kier alpha value is -5.30. The SMILES string of the molecule is c1cc(Cc2cc(-c3ncncn3)cc(-n3c4ccccc4c4ccccc43)c2)cc(-c2ncncn2)c1. The molecule has 7 rings (SSSR count). The first-order chi connectivity index (χ1) is 18.8. The third-order valence-corrected chi connectivity index (χ3v) is 6.65. The molecule has 0 amide bonds. The number of fused-ring (bicyclic) bond motifs is 3. The molecule has 0 atom stereocenters. The molecular weight excluding hydrogens is 470 g/mol. The minimum absolute atomic E-state index is 0.641. The first kappa shape index (κ1) is 21.9. The standard InChI is InChI=1S/C31H21N7/c1-3-10-28-26(8-1)27-9-2-4-11-29(27)38(28)25-15-22(14-24(16-25)31-36-19-33-20-37-31)12-21-6-5-7-23(13-21)30-34-17-32-18-35-30/h1-11,13-20H,12H2. The summed E-state index contributed by atoms with van der Waals surface area (Å²) < 4.78 is 2.32. The summed E-state index contributed by atoms with van der Waals surface area (Å²) in [6, 6.07) is 31.9. The van der Waals surface area contributed by atoms with Crippen LogP contribution in [-0.2, 0) is 6.42 Å². The number of hydrogen-bond donors (Lipinski definition) is 0. The second-order valence-corrected chi connectivity index (χ2v) is 9.06. The van der Waals surface area contributed by atoms with E-state index in [1.54, 1.807) is 0 Å². The molecular formula is C31H21N7. The van der Waals surface area contributed by atoms with Crippen molar-refractivity contribution in [2.24, 2.45) is 0 Å². The molecule has 0 fully saturated rings. The molecule has 3 aromatic heterocycles. The molecule has 0 saturated heterocycles. The Balaban J connectivity index is 1.40. The average Bonchev–Trinajstić information content (AvgIpc) is 3.33. The van der Waals surface area contributed by atoms with E-state index in [-0.39, 0.29) is 0 Å². The number of nitrogens with zero attached hydrogens (tertiary/aromatic N) is 7. The topological polar surface area (TPSA) is 82.3 Å². The van der Waals surface area contributed by atoms with E-state index in [2.05, 4.69) is 113 Å². The van der Waals surface area contributed by atoms with Crippen LogP contribution in [0.15, 0.2) is 116 Å². The first-order valence-corrected chi connectivity index (χ1v) is 12.3. The number of rotatable bonds is 5. The van der Waals surface area contributed by atoms with Crippen LogP contribution < -0.4 is 0 Å². The first-order valence-electron chi connectivity index (χ1n) is 12.3. The van der Waals surface area contributed by atoms with E-state index in [0.717, 1.165) is 45.4 Å². The molecule has 0 aliphatic rings. The summed E-state index contributed by atoms with van der Waals surface area (Å²) in [4.78, 5) is 25.5. The van der Waals surface area contributed by atoms with Crippen LogP contribution in [0.1, 0.15) is 11.1 Å². The van der Waals surface area contributed by atoms with Crippen molar-refractivity contribution in [2.75, 3.05) is 0 Å². The van der Waals surface area contributed by atoms with Crippen LogP contribution in [0.4, 0.5) is 0 Å². The Morgan fingerprint density at radius 2 is 1.08 bits per heavy atom. The Morgan fingerprint density at radius 3 is 1.74 bits per heavy atom. The largest absolute Gasteiger partial charge is 0.309 e. The fourth-order valence-corrected chi connectivity index (χ4v) is 5.07. The van der Waals surface area contributed by atoms with Crippen LogP contribution in [0.3, 0.4) is 0 Å². The normalized spacial score (nSPS) is 11.3. The van der Waals surface area contributed by atoms with E-state index in [4.69, 9.17) is 0 Å². The van der Waals surface area contributed by atoms with Crippen molar-refractivity contribution < 1.29 is 0 Å². The Labute approximate surface area is 218 Å². The van der Waals surface area contributed by atoms with Crippen LogP contribution in [-0.4, -0.2) is 34.5 Å². The molecule has 3 heterocycles. The highest BCUT2D eigenvalue weighted by Crippen LogP contribution is 2.33. The van der Waals surface area contributed by atoms with Crippen molar-refractivity contribution in [3.8, 4) is 28.5 Å². The van der Waals surface area contributed by atoms with Gasteiger partial charge in [-0.05, 0) is 53.9 Å². The van der Waals surface area contributed by atoms with Crippen LogP contribution >= 0.6 is 0 Å². The maximum atomic E-state index is 4.44. The highest BCUT2D eigenvalue weighted by Gasteiger charge is 2.14. The summed E-state index contributed by atoms with van der Waals surface area (Å²) in [6.07, 6.45) is 6.83. The summed E-state index contributed by atoms with van der Waals surface area (Å²) in [5, 5.41) is 2.44. The third-order valence-electron chi connectivity index (χ3n) is 6.65. The number of para-hydroxylation sites is 2. The predicted octanol–water partition coefficient (Wildman–Crippen LogP) is 6.08. The summed E-state index contributed by atoms with van der Waals surface area (Å²) in [5.41, 5.74) is 7.57. The van der Waals surface area contributed by atoms with Gasteiger partial charge in [-0.3, -0.25) is 0 Å². The Morgan fingerprint density at radius 1 is 0.500 bits per heavy atom. The second-order valence-electron chi connectivity index (χ2n) is 9.06. The summed E-state index contributed by atoms with van der Waals surface area (Å²) in [5.74, 6) is 1.30. The zero-order chi connectivity index (χ0) is 25.3. The van der Waals surface area contributed by atoms with Gasteiger partial charge < -0.3 is 4.57 Å². The minimum atomic E-state index is 0.641. The van der Waals surface area contributed by atoms with Crippen LogP contribution in [0.5, 0.6) is 0 Å². The molecule has 7 aromatic rings. The molecule has 38 heavy (non-hydrogen) atoms. The van der Waals surface area contributed by atoms with E-state index < -0.39 is 0 Å². The average molecular weight is 492 g/mol. The molecule has 7 heteroatoms. The van der Waals surface area contributed by atoms with Crippen LogP contribution in [0.2, 0.25) is 0 Å². The zero-order valence-corrected chi connectivity index (χ0v) is 20.3.